The molecule has 120 valence electrons. The monoisotopic (exact) mass is 362 g/mol. The molecule has 2 rings (SSSR count). The molecule has 0 saturated carbocycles. The van der Waals surface area contributed by atoms with Crippen LogP contribution in [-0.2, 0) is 10.0 Å². The van der Waals surface area contributed by atoms with Gasteiger partial charge in [0.2, 0.25) is 10.0 Å². The Kier molecular flexibility index (Phi) is 5.57. The zero-order valence-corrected chi connectivity index (χ0v) is 14.5. The van der Waals surface area contributed by atoms with E-state index in [2.05, 4.69) is 4.72 Å². The molecular weight excluding hydrogens is 347 g/mol. The zero-order chi connectivity index (χ0) is 16.3. The third-order valence-corrected chi connectivity index (χ3v) is 5.87. The predicted molar refractivity (Wildman–Crippen MR) is 87.3 cm³/mol. The van der Waals surface area contributed by atoms with Crippen LogP contribution in [-0.4, -0.2) is 34.0 Å². The topological polar surface area (TPSA) is 49.4 Å². The van der Waals surface area contributed by atoms with Crippen LogP contribution < -0.4 is 4.72 Å². The molecule has 8 heteroatoms. The maximum Gasteiger partial charge on any atom is 0.243 e. The number of halogens is 2. The Labute approximate surface area is 138 Å². The van der Waals surface area contributed by atoms with Crippen molar-refractivity contribution in [1.29, 1.82) is 0 Å². The Morgan fingerprint density at radius 3 is 2.64 bits per heavy atom. The molecule has 1 N–H and O–H groups in total. The quantitative estimate of drug-likeness (QED) is 0.858. The summed E-state index contributed by atoms with van der Waals surface area (Å²) in [7, 11) is -0.245. The highest BCUT2D eigenvalue weighted by atomic mass is 35.5. The summed E-state index contributed by atoms with van der Waals surface area (Å²) in [5, 5.41) is 1.71. The van der Waals surface area contributed by atoms with E-state index in [0.717, 1.165) is 4.88 Å². The van der Waals surface area contributed by atoms with Crippen LogP contribution in [0.15, 0.2) is 40.6 Å². The highest BCUT2D eigenvalue weighted by Gasteiger charge is 2.23. The molecule has 0 bridgehead atoms. The molecule has 1 heterocycles. The smallest absolute Gasteiger partial charge is 0.243 e. The Hall–Kier alpha value is -0.990. The Bertz CT molecular complexity index is 733. The van der Waals surface area contributed by atoms with Crippen molar-refractivity contribution in [2.45, 2.75) is 10.9 Å². The molecule has 4 nitrogen and oxygen atoms in total. The van der Waals surface area contributed by atoms with E-state index in [1.54, 1.807) is 0 Å². The second-order valence-electron chi connectivity index (χ2n) is 4.90. The van der Waals surface area contributed by atoms with Gasteiger partial charge in [-0.1, -0.05) is 23.7 Å². The fourth-order valence-electron chi connectivity index (χ4n) is 1.98. The summed E-state index contributed by atoms with van der Waals surface area (Å²) in [5.41, 5.74) is 0. The van der Waals surface area contributed by atoms with Crippen molar-refractivity contribution in [3.63, 3.8) is 0 Å². The molecular formula is C14H16ClFN2O2S2. The SMILES string of the molecule is CN(C)C(CNS(=O)(=O)c1cccc(Cl)c1F)c1cccs1. The molecule has 2 aromatic rings. The first-order chi connectivity index (χ1) is 10.3. The second-order valence-corrected chi connectivity index (χ2v) is 8.02. The lowest BCUT2D eigenvalue weighted by Crippen LogP contribution is -2.34. The highest BCUT2D eigenvalue weighted by molar-refractivity contribution is 7.89. The lowest BCUT2D eigenvalue weighted by atomic mass is 10.2. The van der Waals surface area contributed by atoms with E-state index in [1.165, 1.54) is 29.5 Å². The third kappa shape index (κ3) is 3.85. The van der Waals surface area contributed by atoms with Gasteiger partial charge >= 0.3 is 0 Å². The lowest BCUT2D eigenvalue weighted by Gasteiger charge is -2.23. The molecule has 1 aromatic carbocycles. The summed E-state index contributed by atoms with van der Waals surface area (Å²) < 4.78 is 40.9. The van der Waals surface area contributed by atoms with Gasteiger partial charge in [-0.3, -0.25) is 0 Å². The fourth-order valence-corrected chi connectivity index (χ4v) is 4.27. The van der Waals surface area contributed by atoms with Gasteiger partial charge in [0.15, 0.2) is 5.82 Å². The first-order valence-corrected chi connectivity index (χ1v) is 9.20. The summed E-state index contributed by atoms with van der Waals surface area (Å²) in [6, 6.07) is 7.62. The normalized spacial score (nSPS) is 13.5. The molecule has 0 aliphatic rings. The van der Waals surface area contributed by atoms with Crippen LogP contribution in [0, 0.1) is 5.82 Å². The van der Waals surface area contributed by atoms with E-state index < -0.39 is 20.7 Å². The van der Waals surface area contributed by atoms with Crippen molar-refractivity contribution in [3.05, 3.63) is 51.4 Å². The van der Waals surface area contributed by atoms with Gasteiger partial charge in [-0.25, -0.2) is 17.5 Å². The molecule has 0 aliphatic carbocycles. The van der Waals surface area contributed by atoms with E-state index in [9.17, 15) is 12.8 Å². The first kappa shape index (κ1) is 17.4. The fraction of sp³-hybridized carbons (Fsp3) is 0.286. The molecule has 22 heavy (non-hydrogen) atoms. The summed E-state index contributed by atoms with van der Waals surface area (Å²) in [5.74, 6) is -0.936. The molecule has 1 unspecified atom stereocenters. The second kappa shape index (κ2) is 7.06. The van der Waals surface area contributed by atoms with Crippen molar-refractivity contribution in [1.82, 2.24) is 9.62 Å². The van der Waals surface area contributed by atoms with E-state index in [-0.39, 0.29) is 17.6 Å². The van der Waals surface area contributed by atoms with E-state index in [1.807, 2.05) is 36.5 Å². The van der Waals surface area contributed by atoms with Gasteiger partial charge in [-0.05, 0) is 37.7 Å². The summed E-state index contributed by atoms with van der Waals surface area (Å²) in [6.45, 7) is 0.141. The van der Waals surface area contributed by atoms with Gasteiger partial charge < -0.3 is 4.90 Å². The maximum atomic E-state index is 13.9. The van der Waals surface area contributed by atoms with Gasteiger partial charge in [0.05, 0.1) is 11.1 Å². The number of rotatable bonds is 6. The van der Waals surface area contributed by atoms with Crippen LogP contribution in [0.25, 0.3) is 0 Å². The number of sulfonamides is 1. The number of nitrogens with one attached hydrogen (secondary N) is 1. The Balaban J connectivity index is 2.20. The molecule has 0 saturated heterocycles. The molecule has 0 spiro atoms. The standard InChI is InChI=1S/C14H16ClFN2O2S2/c1-18(2)11(12-6-4-8-21-12)9-17-22(19,20)13-7-3-5-10(15)14(13)16/h3-8,11,17H,9H2,1-2H3. The van der Waals surface area contributed by atoms with E-state index >= 15 is 0 Å². The van der Waals surface area contributed by atoms with Crippen LogP contribution in [0.1, 0.15) is 10.9 Å². The largest absolute Gasteiger partial charge is 0.300 e. The molecule has 0 radical (unpaired) electrons. The van der Waals surface area contributed by atoms with Crippen LogP contribution in [0.3, 0.4) is 0 Å². The number of likely N-dealkylation sites (N-methyl/N-ethyl adjacent to an activating group) is 1. The first-order valence-electron chi connectivity index (χ1n) is 6.46. The van der Waals surface area contributed by atoms with Crippen molar-refractivity contribution < 1.29 is 12.8 Å². The molecule has 0 aliphatic heterocycles. The van der Waals surface area contributed by atoms with Crippen molar-refractivity contribution in [3.8, 4) is 0 Å². The van der Waals surface area contributed by atoms with Gasteiger partial charge in [-0.15, -0.1) is 11.3 Å². The van der Waals surface area contributed by atoms with Gasteiger partial charge in [0.25, 0.3) is 0 Å². The number of hydrogen-bond acceptors (Lipinski definition) is 4. The summed E-state index contributed by atoms with van der Waals surface area (Å²) >= 11 is 7.18. The van der Waals surface area contributed by atoms with Gasteiger partial charge in [-0.2, -0.15) is 0 Å². The van der Waals surface area contributed by atoms with E-state index in [0.29, 0.717) is 0 Å². The highest BCUT2D eigenvalue weighted by Crippen LogP contribution is 2.25. The minimum absolute atomic E-state index is 0.128. The maximum absolute atomic E-state index is 13.9. The number of thiophene rings is 1. The number of nitrogens with zero attached hydrogens (tertiary/aromatic N) is 1. The molecule has 1 atom stereocenters. The molecule has 0 amide bonds. The Morgan fingerprint density at radius 2 is 2.05 bits per heavy atom. The van der Waals surface area contributed by atoms with E-state index in [4.69, 9.17) is 11.6 Å². The Morgan fingerprint density at radius 1 is 1.32 bits per heavy atom. The van der Waals surface area contributed by atoms with Crippen molar-refractivity contribution in [2.75, 3.05) is 20.6 Å². The van der Waals surface area contributed by atoms with Gasteiger partial charge in [0.1, 0.15) is 4.90 Å². The van der Waals surface area contributed by atoms with Crippen LogP contribution >= 0.6 is 22.9 Å². The average molecular weight is 363 g/mol. The van der Waals surface area contributed by atoms with Crippen LogP contribution in [0.5, 0.6) is 0 Å². The van der Waals surface area contributed by atoms with Crippen LogP contribution in [0.4, 0.5) is 4.39 Å². The summed E-state index contributed by atoms with van der Waals surface area (Å²) in [6.07, 6.45) is 0. The van der Waals surface area contributed by atoms with Crippen LogP contribution in [0.2, 0.25) is 5.02 Å². The predicted octanol–water partition coefficient (Wildman–Crippen LogP) is 3.12. The summed E-state index contributed by atoms with van der Waals surface area (Å²) in [4.78, 5) is 2.49. The third-order valence-electron chi connectivity index (χ3n) is 3.17. The minimum atomic E-state index is -3.96. The molecule has 0 fully saturated rings. The lowest BCUT2D eigenvalue weighted by molar-refractivity contribution is 0.303. The molecule has 1 aromatic heterocycles. The average Bonchev–Trinajstić information content (AvgIpc) is 2.95. The van der Waals surface area contributed by atoms with Crippen molar-refractivity contribution in [2.24, 2.45) is 0 Å². The number of benzene rings is 1. The zero-order valence-electron chi connectivity index (χ0n) is 12.1. The van der Waals surface area contributed by atoms with Crippen molar-refractivity contribution >= 4 is 33.0 Å². The number of hydrogen-bond donors (Lipinski definition) is 1. The van der Waals surface area contributed by atoms with Gasteiger partial charge in [0, 0.05) is 11.4 Å². The minimum Gasteiger partial charge on any atom is -0.300 e.